The average Bonchev–Trinajstić information content (AvgIpc) is 3.72. The number of hydrogen-bond donors (Lipinski definition) is 3. The molecule has 1 aliphatic heterocycles. The molecule has 4 rings (SSSR count). The van der Waals surface area contributed by atoms with Crippen LogP contribution in [0.4, 0.5) is 0 Å². The molecule has 1 fully saturated rings. The third-order valence-electron chi connectivity index (χ3n) is 7.34. The molecule has 3 aromatic rings. The van der Waals surface area contributed by atoms with Gasteiger partial charge in [0.25, 0.3) is 0 Å². The standard InChI is InChI=1S/C33H41N3O4.CH4O/c1-23(20-27-12-7-13-28(21-27)30-15-9-19-39-30)16-17-29-14-8-18-36(29)33(38)31(35-32(37)24(2)34)25(3)40-22-26-10-5-4-6-11-26;1-2/h4-7,9-13,15-17,19,21,23-25,29,31H,8,14,18,20,22,34H2,1-3H3,(H,35,37);2H,1H3/b17-16+;/t23-,24?,25?,29?,31?;/m1./s1. The van der Waals surface area contributed by atoms with Crippen LogP contribution >= 0.6 is 0 Å². The van der Waals surface area contributed by atoms with E-state index in [1.54, 1.807) is 13.2 Å². The second kappa shape index (κ2) is 16.7. The van der Waals surface area contributed by atoms with Crippen LogP contribution in [0, 0.1) is 5.92 Å². The molecular formula is C34H45N3O5. The van der Waals surface area contributed by atoms with Crippen LogP contribution in [0.25, 0.3) is 11.3 Å². The van der Waals surface area contributed by atoms with Crippen molar-refractivity contribution >= 4 is 11.8 Å². The van der Waals surface area contributed by atoms with Gasteiger partial charge in [-0.25, -0.2) is 0 Å². The lowest BCUT2D eigenvalue weighted by atomic mass is 9.97. The largest absolute Gasteiger partial charge is 0.464 e. The monoisotopic (exact) mass is 575 g/mol. The van der Waals surface area contributed by atoms with E-state index in [0.29, 0.717) is 13.2 Å². The van der Waals surface area contributed by atoms with E-state index in [1.807, 2.05) is 54.3 Å². The zero-order valence-electron chi connectivity index (χ0n) is 25.1. The predicted octanol–water partition coefficient (Wildman–Crippen LogP) is 4.72. The van der Waals surface area contributed by atoms with Crippen LogP contribution in [0.15, 0.2) is 89.6 Å². The Kier molecular flexibility index (Phi) is 13.0. The molecule has 0 aliphatic carbocycles. The van der Waals surface area contributed by atoms with Gasteiger partial charge in [0.05, 0.1) is 31.1 Å². The van der Waals surface area contributed by atoms with Gasteiger partial charge in [-0.1, -0.05) is 67.6 Å². The van der Waals surface area contributed by atoms with Gasteiger partial charge in [0, 0.05) is 19.2 Å². The first-order valence-corrected chi connectivity index (χ1v) is 14.6. The van der Waals surface area contributed by atoms with Gasteiger partial charge in [0.2, 0.25) is 11.8 Å². The highest BCUT2D eigenvalue weighted by molar-refractivity contribution is 5.90. The molecule has 42 heavy (non-hydrogen) atoms. The summed E-state index contributed by atoms with van der Waals surface area (Å²) in [6.45, 7) is 6.61. The average molecular weight is 576 g/mol. The van der Waals surface area contributed by atoms with Crippen molar-refractivity contribution in [2.24, 2.45) is 11.7 Å². The third kappa shape index (κ3) is 9.41. The Balaban J connectivity index is 0.00000237. The summed E-state index contributed by atoms with van der Waals surface area (Å²) in [5, 5.41) is 9.85. The number of allylic oxidation sites excluding steroid dienone is 1. The first-order valence-electron chi connectivity index (χ1n) is 14.6. The van der Waals surface area contributed by atoms with Gasteiger partial charge in [-0.2, -0.15) is 0 Å². The summed E-state index contributed by atoms with van der Waals surface area (Å²) in [4.78, 5) is 28.2. The van der Waals surface area contributed by atoms with Crippen LogP contribution in [0.2, 0.25) is 0 Å². The van der Waals surface area contributed by atoms with E-state index in [4.69, 9.17) is 20.0 Å². The van der Waals surface area contributed by atoms with Crippen molar-refractivity contribution in [3.8, 4) is 11.3 Å². The number of amides is 2. The van der Waals surface area contributed by atoms with Crippen molar-refractivity contribution in [3.63, 3.8) is 0 Å². The Morgan fingerprint density at radius 3 is 2.50 bits per heavy atom. The van der Waals surface area contributed by atoms with Gasteiger partial charge in [-0.3, -0.25) is 9.59 Å². The number of aliphatic hydroxyl groups excluding tert-OH is 1. The number of likely N-dealkylation sites (tertiary alicyclic amines) is 1. The number of carbonyl (C=O) groups is 2. The maximum absolute atomic E-state index is 13.8. The first kappa shape index (κ1) is 32.8. The van der Waals surface area contributed by atoms with E-state index in [0.717, 1.165) is 43.3 Å². The fraction of sp³-hybridized carbons (Fsp3) is 0.412. The summed E-state index contributed by atoms with van der Waals surface area (Å²) < 4.78 is 11.6. The number of carbonyl (C=O) groups excluding carboxylic acids is 2. The van der Waals surface area contributed by atoms with Crippen molar-refractivity contribution in [1.29, 1.82) is 0 Å². The van der Waals surface area contributed by atoms with Crippen LogP contribution in [0.1, 0.15) is 44.7 Å². The minimum absolute atomic E-state index is 0.0274. The second-order valence-corrected chi connectivity index (χ2v) is 10.8. The van der Waals surface area contributed by atoms with Crippen LogP contribution < -0.4 is 11.1 Å². The van der Waals surface area contributed by atoms with Gasteiger partial charge >= 0.3 is 0 Å². The molecule has 8 heteroatoms. The lowest BCUT2D eigenvalue weighted by Crippen LogP contribution is -2.57. The van der Waals surface area contributed by atoms with E-state index in [1.165, 1.54) is 5.56 Å². The summed E-state index contributed by atoms with van der Waals surface area (Å²) in [6, 6.07) is 20.5. The van der Waals surface area contributed by atoms with Crippen molar-refractivity contribution in [1.82, 2.24) is 10.2 Å². The third-order valence-corrected chi connectivity index (χ3v) is 7.34. The molecule has 0 bridgehead atoms. The Bertz CT molecular complexity index is 1260. The molecule has 2 heterocycles. The van der Waals surface area contributed by atoms with Crippen LogP contribution in [-0.4, -0.2) is 59.7 Å². The predicted molar refractivity (Wildman–Crippen MR) is 165 cm³/mol. The minimum Gasteiger partial charge on any atom is -0.464 e. The molecule has 4 unspecified atom stereocenters. The maximum Gasteiger partial charge on any atom is 0.248 e. The van der Waals surface area contributed by atoms with E-state index in [9.17, 15) is 9.59 Å². The molecule has 2 amide bonds. The van der Waals surface area contributed by atoms with Crippen molar-refractivity contribution in [2.75, 3.05) is 13.7 Å². The molecule has 8 nitrogen and oxygen atoms in total. The van der Waals surface area contributed by atoms with E-state index in [-0.39, 0.29) is 23.8 Å². The molecule has 4 N–H and O–H groups in total. The van der Waals surface area contributed by atoms with Gasteiger partial charge in [-0.05, 0) is 68.4 Å². The SMILES string of the molecule is CC(N)C(=O)NC(C(=O)N1CCCC1/C=C/[C@@H](C)Cc1cccc(-c2ccco2)c1)C(C)OCc1ccccc1.CO. The van der Waals surface area contributed by atoms with Crippen LogP contribution in [0.3, 0.4) is 0 Å². The summed E-state index contributed by atoms with van der Waals surface area (Å²) in [5.74, 6) is 0.634. The summed E-state index contributed by atoms with van der Waals surface area (Å²) >= 11 is 0. The molecular weight excluding hydrogens is 530 g/mol. The van der Waals surface area contributed by atoms with Gasteiger partial charge in [0.15, 0.2) is 0 Å². The van der Waals surface area contributed by atoms with E-state index in [2.05, 4.69) is 48.7 Å². The molecule has 226 valence electrons. The van der Waals surface area contributed by atoms with Crippen molar-refractivity contribution in [3.05, 3.63) is 96.3 Å². The maximum atomic E-state index is 13.8. The Morgan fingerprint density at radius 2 is 1.81 bits per heavy atom. The Hall–Kier alpha value is -3.72. The van der Waals surface area contributed by atoms with Crippen molar-refractivity contribution < 1.29 is 23.8 Å². The normalized spacial score (nSPS) is 17.7. The lowest BCUT2D eigenvalue weighted by Gasteiger charge is -2.31. The molecule has 2 aromatic carbocycles. The van der Waals surface area contributed by atoms with Crippen LogP contribution in [-0.2, 0) is 27.4 Å². The molecule has 1 saturated heterocycles. The topological polar surface area (TPSA) is 118 Å². The summed E-state index contributed by atoms with van der Waals surface area (Å²) in [7, 11) is 1.00. The highest BCUT2D eigenvalue weighted by Gasteiger charge is 2.36. The molecule has 0 saturated carbocycles. The summed E-state index contributed by atoms with van der Waals surface area (Å²) in [5.41, 5.74) is 9.12. The zero-order valence-corrected chi connectivity index (χ0v) is 25.1. The Morgan fingerprint density at radius 1 is 1.07 bits per heavy atom. The number of aliphatic hydroxyl groups is 1. The fourth-order valence-corrected chi connectivity index (χ4v) is 5.06. The molecule has 5 atom stereocenters. The highest BCUT2D eigenvalue weighted by Crippen LogP contribution is 2.24. The van der Waals surface area contributed by atoms with Gasteiger partial charge in [-0.15, -0.1) is 0 Å². The number of nitrogens with two attached hydrogens (primary N) is 1. The number of benzene rings is 2. The van der Waals surface area contributed by atoms with Crippen molar-refractivity contribution in [2.45, 2.75) is 70.9 Å². The number of furan rings is 1. The van der Waals surface area contributed by atoms with E-state index < -0.39 is 18.2 Å². The van der Waals surface area contributed by atoms with Crippen LogP contribution in [0.5, 0.6) is 0 Å². The summed E-state index contributed by atoms with van der Waals surface area (Å²) in [6.07, 6.45) is 8.17. The smallest absolute Gasteiger partial charge is 0.248 e. The molecule has 1 aliphatic rings. The quantitative estimate of drug-likeness (QED) is 0.269. The second-order valence-electron chi connectivity index (χ2n) is 10.8. The van der Waals surface area contributed by atoms with Gasteiger partial charge < -0.3 is 30.2 Å². The van der Waals surface area contributed by atoms with E-state index >= 15 is 0 Å². The zero-order chi connectivity index (χ0) is 30.5. The fourth-order valence-electron chi connectivity index (χ4n) is 5.06. The molecule has 0 spiro atoms. The number of ether oxygens (including phenoxy) is 1. The lowest BCUT2D eigenvalue weighted by molar-refractivity contribution is -0.141. The first-order chi connectivity index (χ1) is 20.3. The number of nitrogens with zero attached hydrogens (tertiary/aromatic N) is 1. The number of hydrogen-bond acceptors (Lipinski definition) is 6. The molecule has 1 aromatic heterocycles. The Labute approximate surface area is 249 Å². The number of nitrogens with one attached hydrogen (secondary N) is 1. The van der Waals surface area contributed by atoms with Gasteiger partial charge in [0.1, 0.15) is 11.8 Å². The highest BCUT2D eigenvalue weighted by atomic mass is 16.5. The number of rotatable bonds is 12. The molecule has 0 radical (unpaired) electrons. The minimum atomic E-state index is -0.821.